The van der Waals surface area contributed by atoms with Gasteiger partial charge >= 0.3 is 5.97 Å². The van der Waals surface area contributed by atoms with Crippen molar-refractivity contribution in [1.29, 1.82) is 0 Å². The Bertz CT molecular complexity index is 1520. The van der Waals surface area contributed by atoms with E-state index in [1.165, 1.54) is 0 Å². The van der Waals surface area contributed by atoms with E-state index in [2.05, 4.69) is 130 Å². The first kappa shape index (κ1) is 46.2. The van der Waals surface area contributed by atoms with E-state index >= 15 is 0 Å². The second kappa shape index (κ2) is 20.1. The second-order valence-corrected chi connectivity index (χ2v) is 27.5. The highest BCUT2D eigenvalue weighted by Crippen LogP contribution is 2.45. The maximum Gasteiger partial charge on any atom is 0.342 e. The summed E-state index contributed by atoms with van der Waals surface area (Å²) in [6, 6.07) is 3.68. The number of hydrogen-bond acceptors (Lipinski definition) is 7. The average molecular weight is 768 g/mol. The molecule has 9 nitrogen and oxygen atoms in total. The Hall–Kier alpha value is -2.93. The van der Waals surface area contributed by atoms with Crippen molar-refractivity contribution < 1.29 is 27.9 Å². The first-order valence-electron chi connectivity index (χ1n) is 19.4. The van der Waals surface area contributed by atoms with Gasteiger partial charge in [-0.15, -0.1) is 11.8 Å². The summed E-state index contributed by atoms with van der Waals surface area (Å²) >= 11 is 0. The second-order valence-electron chi connectivity index (χ2n) is 17.4. The zero-order chi connectivity index (χ0) is 40.3. The Morgan fingerprint density at radius 2 is 1.58 bits per heavy atom. The van der Waals surface area contributed by atoms with Crippen molar-refractivity contribution in [1.82, 2.24) is 0 Å². The van der Waals surface area contributed by atoms with E-state index in [9.17, 15) is 4.79 Å². The van der Waals surface area contributed by atoms with Crippen LogP contribution in [0.2, 0.25) is 34.8 Å². The molecule has 1 aliphatic rings. The molecule has 6 atom stereocenters. The van der Waals surface area contributed by atoms with Crippen LogP contribution in [0, 0.1) is 41.4 Å². The fraction of sp³-hybridized carbons (Fsp3) is 0.738. The zero-order valence-corrected chi connectivity index (χ0v) is 37.7. The fourth-order valence-corrected chi connectivity index (χ4v) is 14.7. The number of benzene rings is 1. The van der Waals surface area contributed by atoms with Crippen LogP contribution in [-0.2, 0) is 20.0 Å². The van der Waals surface area contributed by atoms with Gasteiger partial charge in [0.15, 0.2) is 8.32 Å². The monoisotopic (exact) mass is 767 g/mol. The van der Waals surface area contributed by atoms with E-state index in [1.807, 2.05) is 6.07 Å². The molecule has 0 radical (unpaired) electrons. The number of nitrogens with zero attached hydrogens (tertiary/aromatic N) is 3. The van der Waals surface area contributed by atoms with Crippen LogP contribution in [0.25, 0.3) is 10.4 Å². The van der Waals surface area contributed by atoms with Crippen molar-refractivity contribution in [3.63, 3.8) is 0 Å². The minimum atomic E-state index is -2.30. The molecular weight excluding hydrogens is 699 g/mol. The molecule has 0 spiro atoms. The normalized spacial score (nSPS) is 20.3. The molecule has 53 heavy (non-hydrogen) atoms. The van der Waals surface area contributed by atoms with Crippen LogP contribution in [0.5, 0.6) is 11.5 Å². The first-order valence-corrected chi connectivity index (χ1v) is 24.5. The Morgan fingerprint density at radius 1 is 0.981 bits per heavy atom. The van der Waals surface area contributed by atoms with Crippen molar-refractivity contribution in [2.45, 2.75) is 162 Å². The largest absolute Gasteiger partial charge is 0.497 e. The van der Waals surface area contributed by atoms with Crippen molar-refractivity contribution in [3.05, 3.63) is 33.7 Å². The van der Waals surface area contributed by atoms with Crippen molar-refractivity contribution in [3.8, 4) is 35.2 Å². The predicted molar refractivity (Wildman–Crippen MR) is 221 cm³/mol. The number of carbonyl (C=O) groups is 1. The van der Waals surface area contributed by atoms with E-state index in [4.69, 9.17) is 28.6 Å². The Labute approximate surface area is 323 Å². The van der Waals surface area contributed by atoms with Gasteiger partial charge < -0.3 is 23.1 Å². The number of hydrogen-bond donors (Lipinski definition) is 0. The topological polar surface area (TPSA) is 112 Å². The molecule has 2 rings (SSSR count). The summed E-state index contributed by atoms with van der Waals surface area (Å²) in [5.74, 6) is 13.5. The maximum absolute atomic E-state index is 14.6. The van der Waals surface area contributed by atoms with E-state index < -0.39 is 28.7 Å². The van der Waals surface area contributed by atoms with Gasteiger partial charge in [-0.05, 0) is 70.2 Å². The molecule has 0 fully saturated rings. The summed E-state index contributed by atoms with van der Waals surface area (Å²) in [5.41, 5.74) is 11.0. The zero-order valence-electron chi connectivity index (χ0n) is 35.7. The maximum atomic E-state index is 14.6. The van der Waals surface area contributed by atoms with Crippen molar-refractivity contribution >= 4 is 22.6 Å². The van der Waals surface area contributed by atoms with Gasteiger partial charge in [0, 0.05) is 36.2 Å². The molecule has 0 saturated heterocycles. The predicted octanol–water partition coefficient (Wildman–Crippen LogP) is 11.1. The van der Waals surface area contributed by atoms with E-state index in [0.29, 0.717) is 59.4 Å². The minimum absolute atomic E-state index is 0.00190. The molecule has 0 aliphatic carbocycles. The quantitative estimate of drug-likeness (QED) is 0.0465. The van der Waals surface area contributed by atoms with Crippen LogP contribution in [-0.4, -0.2) is 61.7 Å². The molecule has 1 aromatic rings. The number of cyclic esters (lactones) is 1. The summed E-state index contributed by atoms with van der Waals surface area (Å²) in [6.07, 6.45) is 1.03. The van der Waals surface area contributed by atoms with E-state index in [0.717, 1.165) is 5.56 Å². The minimum Gasteiger partial charge on any atom is -0.497 e. The number of methoxy groups -OCH3 is 2. The van der Waals surface area contributed by atoms with Crippen molar-refractivity contribution in [2.24, 2.45) is 22.9 Å². The fourth-order valence-electron chi connectivity index (χ4n) is 7.57. The lowest BCUT2D eigenvalue weighted by Gasteiger charge is -2.46. The number of fused-ring (bicyclic) bond motifs is 1. The van der Waals surface area contributed by atoms with Crippen LogP contribution in [0.1, 0.15) is 118 Å². The molecule has 11 heteroatoms. The lowest BCUT2D eigenvalue weighted by Crippen LogP contribution is -2.51. The Balaban J connectivity index is 2.75. The van der Waals surface area contributed by atoms with Gasteiger partial charge in [-0.25, -0.2) is 4.79 Å². The Kier molecular flexibility index (Phi) is 17.6. The van der Waals surface area contributed by atoms with E-state index in [1.54, 1.807) is 20.3 Å². The van der Waals surface area contributed by atoms with Gasteiger partial charge in [0.2, 0.25) is 8.32 Å². The van der Waals surface area contributed by atoms with E-state index in [-0.39, 0.29) is 41.5 Å². The molecule has 0 saturated carbocycles. The van der Waals surface area contributed by atoms with Gasteiger partial charge in [-0.2, -0.15) is 0 Å². The SMILES string of the molecule is COc1cc2c(c(OC)c1)C(=O)O[C@H]([C@@H](C)[C@H](O[Si](C)(C)C(C)(C)C)[C@H](C)CC#CCN=[N+]=[N-])CC#CC[C@H](C)[C@H](O[Si](C(C)C)(C(C)C)C(C)C)C2. The van der Waals surface area contributed by atoms with Gasteiger partial charge in [0.05, 0.1) is 33.0 Å². The van der Waals surface area contributed by atoms with Gasteiger partial charge in [0.1, 0.15) is 23.2 Å². The molecule has 0 amide bonds. The molecule has 0 N–H and O–H groups in total. The van der Waals surface area contributed by atoms with Crippen LogP contribution in [0.4, 0.5) is 0 Å². The summed E-state index contributed by atoms with van der Waals surface area (Å²) in [4.78, 5) is 17.4. The Morgan fingerprint density at radius 3 is 2.11 bits per heavy atom. The highest BCUT2D eigenvalue weighted by molar-refractivity contribution is 6.77. The summed E-state index contributed by atoms with van der Waals surface area (Å²) in [5, 5.41) is 3.51. The lowest BCUT2D eigenvalue weighted by molar-refractivity contribution is -0.0215. The highest BCUT2D eigenvalue weighted by Gasteiger charge is 2.48. The molecular formula is C42H69N3O6Si2. The molecule has 296 valence electrons. The van der Waals surface area contributed by atoms with Gasteiger partial charge in [0.25, 0.3) is 0 Å². The summed E-state index contributed by atoms with van der Waals surface area (Å²) in [7, 11) is -1.37. The number of rotatable bonds is 14. The average Bonchev–Trinajstić information content (AvgIpc) is 3.07. The molecule has 1 aromatic carbocycles. The first-order chi connectivity index (χ1) is 24.7. The van der Waals surface area contributed by atoms with Crippen LogP contribution < -0.4 is 9.47 Å². The van der Waals surface area contributed by atoms with Crippen LogP contribution >= 0.6 is 0 Å². The smallest absolute Gasteiger partial charge is 0.342 e. The molecule has 0 unspecified atom stereocenters. The summed E-state index contributed by atoms with van der Waals surface area (Å²) in [6.45, 7) is 31.5. The van der Waals surface area contributed by atoms with Gasteiger partial charge in [-0.3, -0.25) is 0 Å². The van der Waals surface area contributed by atoms with Crippen LogP contribution in [0.3, 0.4) is 0 Å². The standard InChI is InChI=1S/C42H69N3O6Si2/c1-28(2)53(29(3)4,30(5)6)50-37-26-34-25-35(47-13)27-38(48-14)39(34)41(46)49-36(23-18-17-21-31(37)7)33(9)40(51-52(15,16)42(10,11)12)32(8)22-19-20-24-44-45-43/h25,27-33,36-37,40H,21-24,26H2,1-16H3/t31-,32+,33+,36-,37+,40+/m0/s1. The molecule has 1 aliphatic heterocycles. The van der Waals surface area contributed by atoms with Crippen LogP contribution in [0.15, 0.2) is 17.2 Å². The number of carbonyl (C=O) groups excluding carboxylic acids is 1. The molecule has 1 heterocycles. The molecule has 0 aromatic heterocycles. The third-order valence-electron chi connectivity index (χ3n) is 11.7. The number of ether oxygens (including phenoxy) is 3. The number of esters is 1. The van der Waals surface area contributed by atoms with Gasteiger partial charge in [-0.1, -0.05) is 100 Å². The lowest BCUT2D eigenvalue weighted by atomic mass is 9.86. The molecule has 0 bridgehead atoms. The van der Waals surface area contributed by atoms with Crippen molar-refractivity contribution in [2.75, 3.05) is 20.8 Å². The third-order valence-corrected chi connectivity index (χ3v) is 22.3. The third kappa shape index (κ3) is 11.8. The summed E-state index contributed by atoms with van der Waals surface area (Å²) < 4.78 is 32.7. The highest BCUT2D eigenvalue weighted by atomic mass is 28.4. The number of azide groups is 1.